The van der Waals surface area contributed by atoms with Crippen LogP contribution in [0.25, 0.3) is 0 Å². The first-order valence-corrected chi connectivity index (χ1v) is 8.21. The summed E-state index contributed by atoms with van der Waals surface area (Å²) in [5.74, 6) is -0.199. The van der Waals surface area contributed by atoms with Crippen LogP contribution in [0.3, 0.4) is 0 Å². The van der Waals surface area contributed by atoms with Crippen LogP contribution in [0, 0.1) is 0 Å². The first-order valence-electron chi connectivity index (χ1n) is 8.21. The van der Waals surface area contributed by atoms with E-state index in [9.17, 15) is 9.59 Å². The van der Waals surface area contributed by atoms with Gasteiger partial charge < -0.3 is 19.6 Å². The standard InChI is InChI=1S/C16H26N4O4/c1-5-19(8-9-21)14(22)13-11-6-7-20(10-12(11)17-18-13)15(23)24-16(2,3)4/h21H,5-10H2,1-4H3,(H,17,18). The molecule has 0 spiro atoms. The van der Waals surface area contributed by atoms with E-state index in [2.05, 4.69) is 10.2 Å². The van der Waals surface area contributed by atoms with E-state index in [-0.39, 0.29) is 25.2 Å². The third-order valence-electron chi connectivity index (χ3n) is 3.83. The highest BCUT2D eigenvalue weighted by atomic mass is 16.6. The van der Waals surface area contributed by atoms with Gasteiger partial charge in [-0.1, -0.05) is 0 Å². The minimum atomic E-state index is -0.543. The lowest BCUT2D eigenvalue weighted by molar-refractivity contribution is 0.0221. The van der Waals surface area contributed by atoms with Crippen LogP contribution in [0.1, 0.15) is 49.4 Å². The molecule has 2 N–H and O–H groups in total. The van der Waals surface area contributed by atoms with Crippen LogP contribution in [0.2, 0.25) is 0 Å². The molecule has 24 heavy (non-hydrogen) atoms. The van der Waals surface area contributed by atoms with Crippen molar-refractivity contribution in [2.75, 3.05) is 26.2 Å². The van der Waals surface area contributed by atoms with Gasteiger partial charge in [0.1, 0.15) is 5.60 Å². The van der Waals surface area contributed by atoms with Crippen molar-refractivity contribution >= 4 is 12.0 Å². The molecule has 134 valence electrons. The minimum absolute atomic E-state index is 0.0847. The lowest BCUT2D eigenvalue weighted by Gasteiger charge is -2.30. The normalized spacial score (nSPS) is 14.3. The van der Waals surface area contributed by atoms with Crippen molar-refractivity contribution in [2.24, 2.45) is 0 Å². The number of nitrogens with zero attached hydrogens (tertiary/aromatic N) is 3. The topological polar surface area (TPSA) is 98.8 Å². The summed E-state index contributed by atoms with van der Waals surface area (Å²) < 4.78 is 5.38. The highest BCUT2D eigenvalue weighted by Gasteiger charge is 2.31. The molecule has 0 fully saturated rings. The molecule has 2 heterocycles. The van der Waals surface area contributed by atoms with Crippen molar-refractivity contribution in [2.45, 2.75) is 46.3 Å². The van der Waals surface area contributed by atoms with Gasteiger partial charge in [0.15, 0.2) is 5.69 Å². The minimum Gasteiger partial charge on any atom is -0.444 e. The summed E-state index contributed by atoms with van der Waals surface area (Å²) in [5, 5.41) is 16.1. The summed E-state index contributed by atoms with van der Waals surface area (Å²) in [6.45, 7) is 8.86. The molecule has 8 heteroatoms. The van der Waals surface area contributed by atoms with E-state index in [0.29, 0.717) is 31.7 Å². The number of aromatic nitrogens is 2. The average molecular weight is 338 g/mol. The number of hydrogen-bond donors (Lipinski definition) is 2. The first-order chi connectivity index (χ1) is 11.3. The Bertz CT molecular complexity index is 606. The Labute approximate surface area is 141 Å². The van der Waals surface area contributed by atoms with Crippen molar-refractivity contribution in [3.8, 4) is 0 Å². The number of hydrogen-bond acceptors (Lipinski definition) is 5. The van der Waals surface area contributed by atoms with Crippen LogP contribution in [0.15, 0.2) is 0 Å². The number of fused-ring (bicyclic) bond motifs is 1. The lowest BCUT2D eigenvalue weighted by Crippen LogP contribution is -2.40. The third-order valence-corrected chi connectivity index (χ3v) is 3.83. The molecule has 0 unspecified atom stereocenters. The number of carbonyl (C=O) groups excluding carboxylic acids is 2. The summed E-state index contributed by atoms with van der Waals surface area (Å²) in [7, 11) is 0. The monoisotopic (exact) mass is 338 g/mol. The zero-order valence-corrected chi connectivity index (χ0v) is 14.8. The van der Waals surface area contributed by atoms with Gasteiger partial charge in [-0.25, -0.2) is 4.79 Å². The molecule has 1 aliphatic rings. The second-order valence-electron chi connectivity index (χ2n) is 6.79. The molecule has 0 bridgehead atoms. The van der Waals surface area contributed by atoms with Crippen molar-refractivity contribution in [3.63, 3.8) is 0 Å². The summed E-state index contributed by atoms with van der Waals surface area (Å²) in [5.41, 5.74) is 1.44. The first kappa shape index (κ1) is 18.3. The number of carbonyl (C=O) groups is 2. The van der Waals surface area contributed by atoms with Crippen LogP contribution in [0.5, 0.6) is 0 Å². The average Bonchev–Trinajstić information content (AvgIpc) is 2.93. The molecule has 0 aromatic carbocycles. The van der Waals surface area contributed by atoms with Crippen LogP contribution >= 0.6 is 0 Å². The molecule has 2 amide bonds. The molecule has 0 aliphatic carbocycles. The number of H-pyrrole nitrogens is 1. The molecule has 2 rings (SSSR count). The Hall–Kier alpha value is -2.09. The number of aliphatic hydroxyl groups excluding tert-OH is 1. The fourth-order valence-electron chi connectivity index (χ4n) is 2.65. The predicted molar refractivity (Wildman–Crippen MR) is 87.6 cm³/mol. The Morgan fingerprint density at radius 3 is 2.71 bits per heavy atom. The molecule has 0 saturated carbocycles. The fourth-order valence-corrected chi connectivity index (χ4v) is 2.65. The number of amides is 2. The maximum atomic E-state index is 12.5. The summed E-state index contributed by atoms with van der Waals surface area (Å²) >= 11 is 0. The smallest absolute Gasteiger partial charge is 0.410 e. The van der Waals surface area contributed by atoms with E-state index in [4.69, 9.17) is 9.84 Å². The van der Waals surface area contributed by atoms with Gasteiger partial charge in [0.05, 0.1) is 18.8 Å². The second-order valence-corrected chi connectivity index (χ2v) is 6.79. The number of likely N-dealkylation sites (N-methyl/N-ethyl adjacent to an activating group) is 1. The number of aromatic amines is 1. The number of rotatable bonds is 4. The van der Waals surface area contributed by atoms with Crippen molar-refractivity contribution in [3.05, 3.63) is 17.0 Å². The van der Waals surface area contributed by atoms with Crippen LogP contribution in [0.4, 0.5) is 4.79 Å². The Morgan fingerprint density at radius 1 is 1.42 bits per heavy atom. The van der Waals surface area contributed by atoms with E-state index in [1.54, 1.807) is 9.80 Å². The molecular formula is C16H26N4O4. The third kappa shape index (κ3) is 4.05. The molecule has 0 saturated heterocycles. The maximum Gasteiger partial charge on any atom is 0.410 e. The largest absolute Gasteiger partial charge is 0.444 e. The van der Waals surface area contributed by atoms with E-state index in [1.165, 1.54) is 0 Å². The number of ether oxygens (including phenoxy) is 1. The maximum absolute atomic E-state index is 12.5. The van der Waals surface area contributed by atoms with Crippen molar-refractivity contribution in [1.82, 2.24) is 20.0 Å². The number of nitrogens with one attached hydrogen (secondary N) is 1. The van der Waals surface area contributed by atoms with Crippen molar-refractivity contribution < 1.29 is 19.4 Å². The zero-order valence-electron chi connectivity index (χ0n) is 14.8. The Kier molecular flexibility index (Phi) is 5.48. The van der Waals surface area contributed by atoms with E-state index >= 15 is 0 Å². The second kappa shape index (κ2) is 7.21. The molecule has 1 aliphatic heterocycles. The summed E-state index contributed by atoms with van der Waals surface area (Å²) in [6.07, 6.45) is 0.175. The molecule has 8 nitrogen and oxygen atoms in total. The molecule has 1 aromatic heterocycles. The summed E-state index contributed by atoms with van der Waals surface area (Å²) in [4.78, 5) is 27.9. The van der Waals surface area contributed by atoms with Crippen LogP contribution in [-0.2, 0) is 17.7 Å². The SMILES string of the molecule is CCN(CCO)C(=O)c1n[nH]c2c1CCN(C(=O)OC(C)(C)C)C2. The van der Waals surface area contributed by atoms with Gasteiger partial charge in [0.2, 0.25) is 0 Å². The van der Waals surface area contributed by atoms with Crippen LogP contribution < -0.4 is 0 Å². The molecule has 0 atom stereocenters. The molecule has 1 aromatic rings. The van der Waals surface area contributed by atoms with Gasteiger partial charge in [0.25, 0.3) is 5.91 Å². The Morgan fingerprint density at radius 2 is 2.12 bits per heavy atom. The highest BCUT2D eigenvalue weighted by molar-refractivity contribution is 5.94. The van der Waals surface area contributed by atoms with E-state index < -0.39 is 5.60 Å². The Balaban J connectivity index is 2.11. The predicted octanol–water partition coefficient (Wildman–Crippen LogP) is 1.16. The fraction of sp³-hybridized carbons (Fsp3) is 0.688. The van der Waals surface area contributed by atoms with Gasteiger partial charge in [-0.05, 0) is 34.1 Å². The van der Waals surface area contributed by atoms with E-state index in [0.717, 1.165) is 11.3 Å². The lowest BCUT2D eigenvalue weighted by atomic mass is 10.0. The van der Waals surface area contributed by atoms with Gasteiger partial charge >= 0.3 is 6.09 Å². The summed E-state index contributed by atoms with van der Waals surface area (Å²) in [6, 6.07) is 0. The van der Waals surface area contributed by atoms with Gasteiger partial charge in [0, 0.05) is 25.2 Å². The quantitative estimate of drug-likeness (QED) is 0.858. The van der Waals surface area contributed by atoms with Gasteiger partial charge in [-0.3, -0.25) is 9.89 Å². The number of aliphatic hydroxyl groups is 1. The zero-order chi connectivity index (χ0) is 17.9. The van der Waals surface area contributed by atoms with E-state index in [1.807, 2.05) is 27.7 Å². The van der Waals surface area contributed by atoms with Crippen LogP contribution in [-0.4, -0.2) is 68.9 Å². The van der Waals surface area contributed by atoms with Gasteiger partial charge in [-0.2, -0.15) is 5.10 Å². The molecule has 0 radical (unpaired) electrons. The van der Waals surface area contributed by atoms with Crippen molar-refractivity contribution in [1.29, 1.82) is 0 Å². The molecular weight excluding hydrogens is 312 g/mol. The highest BCUT2D eigenvalue weighted by Crippen LogP contribution is 2.23. The van der Waals surface area contributed by atoms with Gasteiger partial charge in [-0.15, -0.1) is 0 Å².